The minimum Gasteiger partial charge on any atom is -0.494 e. The molecular formula is C19H21N3O2S. The molecule has 5 nitrogen and oxygen atoms in total. The van der Waals surface area contributed by atoms with E-state index < -0.39 is 0 Å². The van der Waals surface area contributed by atoms with Crippen LogP contribution in [0.3, 0.4) is 0 Å². The van der Waals surface area contributed by atoms with Crippen LogP contribution in [0.15, 0.2) is 53.7 Å². The van der Waals surface area contributed by atoms with Gasteiger partial charge in [0.2, 0.25) is 5.91 Å². The standard InChI is InChI=1S/C19H21N3O2S/c1-3-17(25-19-21-15-7-5-6-8-16(15)22-19)18(23)20-13-9-11-14(12-10-13)24-4-2/h5-12,17H,3-4H2,1-2H3,(H,20,23)(H,21,22). The van der Waals surface area contributed by atoms with Gasteiger partial charge in [-0.1, -0.05) is 30.8 Å². The first-order chi connectivity index (χ1) is 12.2. The third-order valence-corrected chi connectivity index (χ3v) is 4.97. The number of rotatable bonds is 7. The van der Waals surface area contributed by atoms with Gasteiger partial charge in [0.1, 0.15) is 5.75 Å². The van der Waals surface area contributed by atoms with Crippen LogP contribution in [-0.4, -0.2) is 27.7 Å². The fourth-order valence-electron chi connectivity index (χ4n) is 2.47. The molecule has 1 heterocycles. The van der Waals surface area contributed by atoms with Crippen LogP contribution in [0.2, 0.25) is 0 Å². The zero-order valence-corrected chi connectivity index (χ0v) is 15.1. The van der Waals surface area contributed by atoms with Crippen LogP contribution in [0.4, 0.5) is 5.69 Å². The summed E-state index contributed by atoms with van der Waals surface area (Å²) in [6.45, 7) is 4.56. The molecule has 0 aliphatic carbocycles. The maximum atomic E-state index is 12.6. The molecule has 0 spiro atoms. The number of benzene rings is 2. The van der Waals surface area contributed by atoms with E-state index in [2.05, 4.69) is 15.3 Å². The van der Waals surface area contributed by atoms with Crippen LogP contribution in [-0.2, 0) is 4.79 Å². The number of aromatic amines is 1. The Hall–Kier alpha value is -2.47. The summed E-state index contributed by atoms with van der Waals surface area (Å²) >= 11 is 1.45. The van der Waals surface area contributed by atoms with Crippen molar-refractivity contribution in [3.63, 3.8) is 0 Å². The van der Waals surface area contributed by atoms with Crippen molar-refractivity contribution in [2.45, 2.75) is 30.7 Å². The molecule has 6 heteroatoms. The largest absolute Gasteiger partial charge is 0.494 e. The van der Waals surface area contributed by atoms with Crippen LogP contribution in [0, 0.1) is 0 Å². The van der Waals surface area contributed by atoms with Gasteiger partial charge in [0.15, 0.2) is 5.16 Å². The molecule has 3 rings (SSSR count). The number of hydrogen-bond donors (Lipinski definition) is 2. The smallest absolute Gasteiger partial charge is 0.237 e. The topological polar surface area (TPSA) is 67.0 Å². The molecular weight excluding hydrogens is 334 g/mol. The van der Waals surface area contributed by atoms with Crippen molar-refractivity contribution in [3.8, 4) is 5.75 Å². The molecule has 3 aromatic rings. The molecule has 0 radical (unpaired) electrons. The fraction of sp³-hybridized carbons (Fsp3) is 0.263. The molecule has 0 aliphatic rings. The number of para-hydroxylation sites is 2. The summed E-state index contributed by atoms with van der Waals surface area (Å²) in [6, 6.07) is 15.3. The van der Waals surface area contributed by atoms with Crippen molar-refractivity contribution >= 4 is 34.4 Å². The number of thioether (sulfide) groups is 1. The number of aromatic nitrogens is 2. The van der Waals surface area contributed by atoms with Crippen LogP contribution >= 0.6 is 11.8 Å². The number of nitrogens with zero attached hydrogens (tertiary/aromatic N) is 1. The van der Waals surface area contributed by atoms with E-state index in [4.69, 9.17) is 4.74 Å². The van der Waals surface area contributed by atoms with E-state index in [1.807, 2.05) is 62.4 Å². The predicted octanol–water partition coefficient (Wildman–Crippen LogP) is 4.47. The molecule has 0 fully saturated rings. The van der Waals surface area contributed by atoms with E-state index in [-0.39, 0.29) is 11.2 Å². The maximum Gasteiger partial charge on any atom is 0.237 e. The zero-order chi connectivity index (χ0) is 17.6. The van der Waals surface area contributed by atoms with E-state index >= 15 is 0 Å². The Morgan fingerprint density at radius 1 is 1.20 bits per heavy atom. The van der Waals surface area contributed by atoms with Crippen LogP contribution in [0.5, 0.6) is 5.75 Å². The van der Waals surface area contributed by atoms with Gasteiger partial charge in [0, 0.05) is 5.69 Å². The monoisotopic (exact) mass is 355 g/mol. The first-order valence-corrected chi connectivity index (χ1v) is 9.22. The van der Waals surface area contributed by atoms with Gasteiger partial charge in [-0.25, -0.2) is 4.98 Å². The molecule has 1 unspecified atom stereocenters. The number of carbonyl (C=O) groups excluding carboxylic acids is 1. The summed E-state index contributed by atoms with van der Waals surface area (Å²) in [5.74, 6) is 0.765. The molecule has 2 N–H and O–H groups in total. The summed E-state index contributed by atoms with van der Waals surface area (Å²) in [6.07, 6.45) is 0.713. The Morgan fingerprint density at radius 2 is 1.96 bits per heavy atom. The lowest BCUT2D eigenvalue weighted by atomic mass is 10.2. The number of nitrogens with one attached hydrogen (secondary N) is 2. The minimum absolute atomic E-state index is 0.0304. The van der Waals surface area contributed by atoms with E-state index in [9.17, 15) is 4.79 Å². The highest BCUT2D eigenvalue weighted by Gasteiger charge is 2.20. The average molecular weight is 355 g/mol. The molecule has 0 saturated carbocycles. The van der Waals surface area contributed by atoms with Gasteiger partial charge in [0.25, 0.3) is 0 Å². The van der Waals surface area contributed by atoms with Gasteiger partial charge in [-0.2, -0.15) is 0 Å². The molecule has 2 aromatic carbocycles. The van der Waals surface area contributed by atoms with E-state index in [1.165, 1.54) is 11.8 Å². The Balaban J connectivity index is 1.66. The SMILES string of the molecule is CCOc1ccc(NC(=O)C(CC)Sc2nc3ccccc3[nH]2)cc1. The van der Waals surface area contributed by atoms with E-state index in [1.54, 1.807) is 0 Å². The van der Waals surface area contributed by atoms with Crippen molar-refractivity contribution in [3.05, 3.63) is 48.5 Å². The third-order valence-electron chi connectivity index (χ3n) is 3.72. The summed E-state index contributed by atoms with van der Waals surface area (Å²) in [7, 11) is 0. The summed E-state index contributed by atoms with van der Waals surface area (Å²) in [4.78, 5) is 20.4. The molecule has 0 bridgehead atoms. The molecule has 130 valence electrons. The Morgan fingerprint density at radius 3 is 2.64 bits per heavy atom. The highest BCUT2D eigenvalue weighted by atomic mass is 32.2. The maximum absolute atomic E-state index is 12.6. The van der Waals surface area contributed by atoms with Gasteiger partial charge < -0.3 is 15.0 Å². The number of amides is 1. The van der Waals surface area contributed by atoms with Crippen LogP contribution in [0.1, 0.15) is 20.3 Å². The Kier molecular flexibility index (Phi) is 5.60. The lowest BCUT2D eigenvalue weighted by molar-refractivity contribution is -0.115. The van der Waals surface area contributed by atoms with E-state index in [0.29, 0.717) is 13.0 Å². The molecule has 0 aliphatic heterocycles. The van der Waals surface area contributed by atoms with Crippen molar-refractivity contribution in [1.29, 1.82) is 0 Å². The Labute approximate surface area is 151 Å². The predicted molar refractivity (Wildman–Crippen MR) is 102 cm³/mol. The van der Waals surface area contributed by atoms with Crippen molar-refractivity contribution in [2.24, 2.45) is 0 Å². The molecule has 1 amide bonds. The average Bonchev–Trinajstić information content (AvgIpc) is 3.04. The summed E-state index contributed by atoms with van der Waals surface area (Å²) in [5, 5.41) is 3.50. The number of anilines is 1. The van der Waals surface area contributed by atoms with Crippen molar-refractivity contribution in [2.75, 3.05) is 11.9 Å². The first-order valence-electron chi connectivity index (χ1n) is 8.34. The first kappa shape index (κ1) is 17.4. The second-order valence-corrected chi connectivity index (χ2v) is 6.71. The Bertz CT molecular complexity index is 812. The number of hydrogen-bond acceptors (Lipinski definition) is 4. The second-order valence-electron chi connectivity index (χ2n) is 5.52. The number of imidazole rings is 1. The molecule has 1 aromatic heterocycles. The van der Waals surface area contributed by atoms with Gasteiger partial charge in [0.05, 0.1) is 22.9 Å². The van der Waals surface area contributed by atoms with Crippen LogP contribution < -0.4 is 10.1 Å². The van der Waals surface area contributed by atoms with E-state index in [0.717, 1.165) is 27.6 Å². The summed E-state index contributed by atoms with van der Waals surface area (Å²) < 4.78 is 5.41. The number of ether oxygens (including phenoxy) is 1. The molecule has 25 heavy (non-hydrogen) atoms. The van der Waals surface area contributed by atoms with Gasteiger partial charge >= 0.3 is 0 Å². The highest BCUT2D eigenvalue weighted by molar-refractivity contribution is 8.00. The molecule has 1 atom stereocenters. The normalized spacial score (nSPS) is 12.1. The second kappa shape index (κ2) is 8.07. The quantitative estimate of drug-likeness (QED) is 0.614. The number of fused-ring (bicyclic) bond motifs is 1. The zero-order valence-electron chi connectivity index (χ0n) is 14.3. The number of H-pyrrole nitrogens is 1. The third kappa shape index (κ3) is 4.33. The highest BCUT2D eigenvalue weighted by Crippen LogP contribution is 2.26. The van der Waals surface area contributed by atoms with Gasteiger partial charge in [-0.05, 0) is 49.7 Å². The van der Waals surface area contributed by atoms with Gasteiger partial charge in [-0.15, -0.1) is 0 Å². The lowest BCUT2D eigenvalue weighted by Crippen LogP contribution is -2.24. The van der Waals surface area contributed by atoms with Crippen molar-refractivity contribution < 1.29 is 9.53 Å². The fourth-order valence-corrected chi connectivity index (χ4v) is 3.39. The summed E-state index contributed by atoms with van der Waals surface area (Å²) in [5.41, 5.74) is 2.65. The van der Waals surface area contributed by atoms with Crippen molar-refractivity contribution in [1.82, 2.24) is 9.97 Å². The van der Waals surface area contributed by atoms with Crippen LogP contribution in [0.25, 0.3) is 11.0 Å². The molecule has 0 saturated heterocycles. The lowest BCUT2D eigenvalue weighted by Gasteiger charge is -2.13. The minimum atomic E-state index is -0.216. The number of carbonyl (C=O) groups is 1. The van der Waals surface area contributed by atoms with Gasteiger partial charge in [-0.3, -0.25) is 4.79 Å².